The molecule has 3 aromatic carbocycles. The van der Waals surface area contributed by atoms with Gasteiger partial charge in [0.1, 0.15) is 6.61 Å². The average Bonchev–Trinajstić information content (AvgIpc) is 2.83. The third-order valence-electron chi connectivity index (χ3n) is 5.45. The Bertz CT molecular complexity index is 1250. The highest BCUT2D eigenvalue weighted by Gasteiger charge is 2.32. The van der Waals surface area contributed by atoms with Crippen molar-refractivity contribution in [1.82, 2.24) is 10.6 Å². The van der Waals surface area contributed by atoms with Crippen molar-refractivity contribution < 1.29 is 19.1 Å². The maximum atomic E-state index is 13.4. The second kappa shape index (κ2) is 10.2. The Morgan fingerprint density at radius 1 is 0.941 bits per heavy atom. The number of hydrogen-bond donors (Lipinski definition) is 2. The minimum absolute atomic E-state index is 0.214. The Morgan fingerprint density at radius 2 is 1.59 bits per heavy atom. The van der Waals surface area contributed by atoms with Crippen molar-refractivity contribution in [2.45, 2.75) is 19.6 Å². The van der Waals surface area contributed by atoms with Gasteiger partial charge in [0.15, 0.2) is 17.3 Å². The zero-order chi connectivity index (χ0) is 24.2. The number of methoxy groups -OCH3 is 1. The summed E-state index contributed by atoms with van der Waals surface area (Å²) in [6.07, 6.45) is 0. The van der Waals surface area contributed by atoms with E-state index in [0.29, 0.717) is 50.5 Å². The van der Waals surface area contributed by atoms with Gasteiger partial charge in [-0.05, 0) is 66.6 Å². The Balaban J connectivity index is 1.63. The Labute approximate surface area is 207 Å². The lowest BCUT2D eigenvalue weighted by Crippen LogP contribution is -2.45. The van der Waals surface area contributed by atoms with Crippen molar-refractivity contribution in [2.75, 3.05) is 7.11 Å². The van der Waals surface area contributed by atoms with Gasteiger partial charge < -0.3 is 20.1 Å². The number of nitrogens with one attached hydrogen (secondary N) is 2. The maximum Gasteiger partial charge on any atom is 0.319 e. The number of Topliss-reactive ketones (excluding diaryl/α,β-unsaturated/α-hetero) is 1. The number of ether oxygens (including phenoxy) is 2. The van der Waals surface area contributed by atoms with Crippen LogP contribution in [0.3, 0.4) is 0 Å². The summed E-state index contributed by atoms with van der Waals surface area (Å²) in [6.45, 7) is 2.03. The number of allylic oxidation sites excluding steroid dienone is 1. The maximum absolute atomic E-state index is 13.4. The first-order chi connectivity index (χ1) is 16.4. The first kappa shape index (κ1) is 23.7. The molecule has 1 unspecified atom stereocenters. The smallest absolute Gasteiger partial charge is 0.319 e. The number of ketones is 1. The highest BCUT2D eigenvalue weighted by molar-refractivity contribution is 6.31. The predicted octanol–water partition coefficient (Wildman–Crippen LogP) is 6.09. The number of rotatable bonds is 7. The van der Waals surface area contributed by atoms with E-state index < -0.39 is 12.1 Å². The summed E-state index contributed by atoms with van der Waals surface area (Å²) in [6, 6.07) is 18.3. The van der Waals surface area contributed by atoms with Crippen LogP contribution in [0.25, 0.3) is 0 Å². The summed E-state index contributed by atoms with van der Waals surface area (Å²) in [5.74, 6) is 0.802. The molecular formula is C26H22Cl2N2O4. The molecule has 0 bridgehead atoms. The second-order valence-electron chi connectivity index (χ2n) is 7.73. The Morgan fingerprint density at radius 3 is 2.24 bits per heavy atom. The van der Waals surface area contributed by atoms with Gasteiger partial charge >= 0.3 is 6.03 Å². The van der Waals surface area contributed by atoms with Crippen molar-refractivity contribution in [3.05, 3.63) is 105 Å². The van der Waals surface area contributed by atoms with Gasteiger partial charge in [-0.3, -0.25) is 4.79 Å². The van der Waals surface area contributed by atoms with Crippen LogP contribution in [0.4, 0.5) is 4.79 Å². The van der Waals surface area contributed by atoms with Gasteiger partial charge in [-0.25, -0.2) is 4.79 Å². The Kier molecular flexibility index (Phi) is 7.10. The van der Waals surface area contributed by atoms with Gasteiger partial charge in [0.25, 0.3) is 0 Å². The highest BCUT2D eigenvalue weighted by atomic mass is 35.5. The summed E-state index contributed by atoms with van der Waals surface area (Å²) in [5.41, 5.74) is 3.02. The topological polar surface area (TPSA) is 76.7 Å². The SMILES string of the molecule is COc1cc(C2NC(=O)NC(C)=C2C(=O)c2ccc(Cl)cc2)ccc1OCc1ccc(Cl)cc1. The van der Waals surface area contributed by atoms with Crippen molar-refractivity contribution in [3.63, 3.8) is 0 Å². The number of hydrogen-bond acceptors (Lipinski definition) is 4. The van der Waals surface area contributed by atoms with E-state index in [4.69, 9.17) is 32.7 Å². The zero-order valence-corrected chi connectivity index (χ0v) is 20.0. The van der Waals surface area contributed by atoms with E-state index in [1.54, 1.807) is 61.5 Å². The van der Waals surface area contributed by atoms with E-state index in [2.05, 4.69) is 10.6 Å². The molecule has 0 aliphatic carbocycles. The fourth-order valence-corrected chi connectivity index (χ4v) is 3.98. The van der Waals surface area contributed by atoms with Gasteiger partial charge in [0.05, 0.1) is 13.2 Å². The summed E-state index contributed by atoms with van der Waals surface area (Å²) in [4.78, 5) is 25.6. The average molecular weight is 497 g/mol. The lowest BCUT2D eigenvalue weighted by molar-refractivity contribution is 0.102. The molecule has 1 aliphatic rings. The minimum Gasteiger partial charge on any atom is -0.493 e. The van der Waals surface area contributed by atoms with E-state index in [1.165, 1.54) is 7.11 Å². The van der Waals surface area contributed by atoms with Gasteiger partial charge in [-0.1, -0.05) is 41.4 Å². The molecule has 1 heterocycles. The summed E-state index contributed by atoms with van der Waals surface area (Å²) >= 11 is 11.9. The quantitative estimate of drug-likeness (QED) is 0.388. The standard InChI is InChI=1S/C26H22Cl2N2O4/c1-15-23(25(31)17-5-10-20(28)11-6-17)24(30-26(32)29-15)18-7-12-21(22(13-18)33-2)34-14-16-3-8-19(27)9-4-16/h3-13,24H,14H2,1-2H3,(H2,29,30,32). The summed E-state index contributed by atoms with van der Waals surface area (Å²) in [5, 5.41) is 6.73. The molecule has 0 spiro atoms. The molecular weight excluding hydrogens is 475 g/mol. The van der Waals surface area contributed by atoms with Crippen molar-refractivity contribution in [2.24, 2.45) is 0 Å². The van der Waals surface area contributed by atoms with Crippen LogP contribution in [0, 0.1) is 0 Å². The highest BCUT2D eigenvalue weighted by Crippen LogP contribution is 2.35. The molecule has 1 atom stereocenters. The molecule has 0 aromatic heterocycles. The lowest BCUT2D eigenvalue weighted by atomic mass is 9.89. The minimum atomic E-state index is -0.670. The molecule has 0 saturated carbocycles. The molecule has 0 radical (unpaired) electrons. The van der Waals surface area contributed by atoms with Gasteiger partial charge in [0.2, 0.25) is 0 Å². The summed E-state index contributed by atoms with van der Waals surface area (Å²) < 4.78 is 11.5. The van der Waals surface area contributed by atoms with Crippen LogP contribution in [0.15, 0.2) is 78.0 Å². The van der Waals surface area contributed by atoms with Crippen molar-refractivity contribution >= 4 is 35.0 Å². The predicted molar refractivity (Wildman–Crippen MR) is 132 cm³/mol. The van der Waals surface area contributed by atoms with Gasteiger partial charge in [-0.2, -0.15) is 0 Å². The number of amides is 2. The molecule has 2 amide bonds. The normalized spacial score (nSPS) is 15.4. The van der Waals surface area contributed by atoms with Crippen molar-refractivity contribution in [1.29, 1.82) is 0 Å². The first-order valence-corrected chi connectivity index (χ1v) is 11.2. The van der Waals surface area contributed by atoms with Crippen LogP contribution in [-0.2, 0) is 6.61 Å². The monoisotopic (exact) mass is 496 g/mol. The van der Waals surface area contributed by atoms with Gasteiger partial charge in [-0.15, -0.1) is 0 Å². The fraction of sp³-hybridized carbons (Fsp3) is 0.154. The van der Waals surface area contributed by atoms with Crippen molar-refractivity contribution in [3.8, 4) is 11.5 Å². The molecule has 8 heteroatoms. The van der Waals surface area contributed by atoms with Crippen LogP contribution in [0.5, 0.6) is 11.5 Å². The lowest BCUT2D eigenvalue weighted by Gasteiger charge is -2.29. The van der Waals surface area contributed by atoms with Crippen LogP contribution in [0.1, 0.15) is 34.5 Å². The molecule has 0 fully saturated rings. The largest absolute Gasteiger partial charge is 0.493 e. The Hall–Kier alpha value is -3.48. The third kappa shape index (κ3) is 5.19. The van der Waals surface area contributed by atoms with E-state index in [-0.39, 0.29) is 5.78 Å². The van der Waals surface area contributed by atoms with Crippen LogP contribution >= 0.6 is 23.2 Å². The third-order valence-corrected chi connectivity index (χ3v) is 5.95. The zero-order valence-electron chi connectivity index (χ0n) is 18.5. The summed E-state index contributed by atoms with van der Waals surface area (Å²) in [7, 11) is 1.54. The molecule has 2 N–H and O–H groups in total. The number of urea groups is 1. The van der Waals surface area contributed by atoms with E-state index in [1.807, 2.05) is 12.1 Å². The molecule has 3 aromatic rings. The van der Waals surface area contributed by atoms with E-state index in [9.17, 15) is 9.59 Å². The van der Waals surface area contributed by atoms with Crippen LogP contribution in [0.2, 0.25) is 10.0 Å². The number of carbonyl (C=O) groups excluding carboxylic acids is 2. The number of benzene rings is 3. The number of carbonyl (C=O) groups is 2. The van der Waals surface area contributed by atoms with Crippen LogP contribution < -0.4 is 20.1 Å². The molecule has 0 saturated heterocycles. The molecule has 1 aliphatic heterocycles. The number of halogens is 2. The van der Waals surface area contributed by atoms with E-state index >= 15 is 0 Å². The molecule has 6 nitrogen and oxygen atoms in total. The van der Waals surface area contributed by atoms with E-state index in [0.717, 1.165) is 5.56 Å². The molecule has 174 valence electrons. The molecule has 34 heavy (non-hydrogen) atoms. The van der Waals surface area contributed by atoms with Crippen LogP contribution in [-0.4, -0.2) is 18.9 Å². The second-order valence-corrected chi connectivity index (χ2v) is 8.60. The molecule has 4 rings (SSSR count). The fourth-order valence-electron chi connectivity index (χ4n) is 3.73. The van der Waals surface area contributed by atoms with Gasteiger partial charge in [0, 0.05) is 26.9 Å². The first-order valence-electron chi connectivity index (χ1n) is 10.5.